The predicted octanol–water partition coefficient (Wildman–Crippen LogP) is 2.88. The number of benzene rings is 1. The third kappa shape index (κ3) is 5.98. The number of carbonyl (C=O) groups excluding carboxylic acids is 1. The average molecular weight is 589 g/mol. The van der Waals surface area contributed by atoms with E-state index in [0.717, 1.165) is 24.0 Å². The Labute approximate surface area is 234 Å². The van der Waals surface area contributed by atoms with Crippen molar-refractivity contribution in [1.29, 1.82) is 0 Å². The normalized spacial score (nSPS) is 18.6. The van der Waals surface area contributed by atoms with E-state index in [9.17, 15) is 19.5 Å². The molecule has 1 amide bonds. The molecule has 0 unspecified atom stereocenters. The highest BCUT2D eigenvalue weighted by atomic mass is 32.2. The van der Waals surface area contributed by atoms with Crippen LogP contribution >= 0.6 is 46.6 Å². The molecule has 1 fully saturated rings. The number of rotatable bonds is 11. The van der Waals surface area contributed by atoms with Gasteiger partial charge in [0.15, 0.2) is 27.6 Å². The second kappa shape index (κ2) is 11.8. The van der Waals surface area contributed by atoms with Crippen molar-refractivity contribution in [3.63, 3.8) is 0 Å². The number of hydrogen-bond acceptors (Lipinski definition) is 10. The smallest absolute Gasteiger partial charge is 0.352 e. The Morgan fingerprint density at radius 1 is 1.08 bits per heavy atom. The Balaban J connectivity index is 1.21. The molecule has 2 aliphatic heterocycles. The molecule has 1 saturated heterocycles. The third-order valence-corrected chi connectivity index (χ3v) is 10.3. The summed E-state index contributed by atoms with van der Waals surface area (Å²) in [5.41, 5.74) is 2.66. The van der Waals surface area contributed by atoms with E-state index < -0.39 is 18.0 Å². The first-order valence-electron chi connectivity index (χ1n) is 11.4. The predicted molar refractivity (Wildman–Crippen MR) is 146 cm³/mol. The minimum atomic E-state index is -1.13. The molecule has 0 radical (unpaired) electrons. The minimum Gasteiger partial charge on any atom is -0.481 e. The summed E-state index contributed by atoms with van der Waals surface area (Å²) in [4.78, 5) is 37.3. The van der Waals surface area contributed by atoms with E-state index in [1.54, 1.807) is 0 Å². The number of carboxylic acid groups (broad SMARTS) is 2. The molecule has 1 aromatic carbocycles. The van der Waals surface area contributed by atoms with Crippen LogP contribution in [-0.4, -0.2) is 71.8 Å². The highest BCUT2D eigenvalue weighted by Gasteiger charge is 2.53. The Bertz CT molecular complexity index is 1380. The summed E-state index contributed by atoms with van der Waals surface area (Å²) >= 11 is 5.21. The summed E-state index contributed by atoms with van der Waals surface area (Å²) in [6.45, 7) is 0.739. The van der Waals surface area contributed by atoms with Crippen molar-refractivity contribution in [2.45, 2.75) is 26.6 Å². The molecule has 5 rings (SSSR count). The van der Waals surface area contributed by atoms with Crippen LogP contribution in [0.15, 0.2) is 74.8 Å². The van der Waals surface area contributed by atoms with E-state index in [0.29, 0.717) is 25.8 Å². The molecule has 3 N–H and O–H groups in total. The number of carbonyl (C=O) groups is 3. The van der Waals surface area contributed by atoms with Crippen molar-refractivity contribution in [2.24, 2.45) is 0 Å². The lowest BCUT2D eigenvalue weighted by Crippen LogP contribution is -2.67. The van der Waals surface area contributed by atoms with E-state index >= 15 is 0 Å². The number of carboxylic acids is 2. The summed E-state index contributed by atoms with van der Waals surface area (Å²) in [5.74, 6) is -1.61. The Morgan fingerprint density at radius 3 is 2.47 bits per heavy atom. The molecular formula is C24H22N5O5S4+. The number of hydrogen-bond donors (Lipinski definition) is 3. The van der Waals surface area contributed by atoms with Crippen molar-refractivity contribution >= 4 is 70.2 Å². The van der Waals surface area contributed by atoms with Crippen molar-refractivity contribution in [2.75, 3.05) is 22.6 Å². The highest BCUT2D eigenvalue weighted by molar-refractivity contribution is 8.03. The molecule has 0 aliphatic carbocycles. The van der Waals surface area contributed by atoms with Crippen LogP contribution in [0.25, 0.3) is 0 Å². The van der Waals surface area contributed by atoms with E-state index in [1.807, 2.05) is 47.3 Å². The molecule has 4 heterocycles. The van der Waals surface area contributed by atoms with E-state index in [1.165, 1.54) is 45.3 Å². The van der Waals surface area contributed by atoms with Gasteiger partial charge in [-0.2, -0.15) is 0 Å². The number of nitrogens with one attached hydrogen (secondary N) is 1. The summed E-state index contributed by atoms with van der Waals surface area (Å²) in [7, 11) is 0. The van der Waals surface area contributed by atoms with Crippen molar-refractivity contribution in [3.8, 4) is 0 Å². The first kappa shape index (κ1) is 26.5. The number of β-lactam (4-membered cyclic amide) rings is 1. The maximum atomic E-state index is 13.0. The van der Waals surface area contributed by atoms with Crippen LogP contribution < -0.4 is 9.88 Å². The summed E-state index contributed by atoms with van der Waals surface area (Å²) in [5, 5.41) is 29.7. The molecule has 2 aromatic heterocycles. The standard InChI is InChI=1S/C24H21N5O5S4/c30-17(31)13-37-24-27-26-23(38-24)36-12-15-11-35-21-18(20(32)29(21)19(15)22(33)34)25-16-6-8-28(9-7-16)10-14-4-2-1-3-5-14/h1-9,18,21H,10-13H2,(H2,30,31,33,34)/p+1/t18-,21-/m1/s1. The second-order valence-electron chi connectivity index (χ2n) is 8.34. The topological polar surface area (TPSA) is 137 Å². The number of aromatic nitrogens is 3. The average Bonchev–Trinajstić information content (AvgIpc) is 3.38. The molecule has 14 heteroatoms. The van der Waals surface area contributed by atoms with Gasteiger partial charge < -0.3 is 15.5 Å². The van der Waals surface area contributed by atoms with Gasteiger partial charge in [0.1, 0.15) is 17.1 Å². The molecular weight excluding hydrogens is 567 g/mol. The van der Waals surface area contributed by atoms with Gasteiger partial charge in [-0.25, -0.2) is 9.36 Å². The van der Waals surface area contributed by atoms with Crippen molar-refractivity contribution < 1.29 is 29.2 Å². The zero-order valence-corrected chi connectivity index (χ0v) is 23.0. The molecule has 2 atom stereocenters. The Kier molecular flexibility index (Phi) is 8.21. The Morgan fingerprint density at radius 2 is 1.79 bits per heavy atom. The molecule has 0 spiro atoms. The molecule has 0 saturated carbocycles. The fourth-order valence-corrected chi connectivity index (χ4v) is 8.24. The number of aliphatic carboxylic acids is 2. The van der Waals surface area contributed by atoms with E-state index in [4.69, 9.17) is 5.11 Å². The van der Waals surface area contributed by atoms with Crippen LogP contribution in [0.3, 0.4) is 0 Å². The van der Waals surface area contributed by atoms with Gasteiger partial charge in [-0.1, -0.05) is 65.2 Å². The second-order valence-corrected chi connectivity index (χ2v) is 12.9. The fourth-order valence-electron chi connectivity index (χ4n) is 4.01. The van der Waals surface area contributed by atoms with Crippen molar-refractivity contribution in [3.05, 3.63) is 71.7 Å². The fraction of sp³-hybridized carbons (Fsp3) is 0.250. The number of nitrogens with zero attached hydrogens (tertiary/aromatic N) is 4. The lowest BCUT2D eigenvalue weighted by atomic mass is 10.0. The molecule has 196 valence electrons. The number of anilines is 1. The number of pyridine rings is 1. The Hall–Kier alpha value is -3.07. The molecule has 38 heavy (non-hydrogen) atoms. The van der Waals surface area contributed by atoms with Gasteiger partial charge in [0.25, 0.3) is 5.91 Å². The van der Waals surface area contributed by atoms with Crippen LogP contribution in [0.1, 0.15) is 5.56 Å². The van der Waals surface area contributed by atoms with Gasteiger partial charge in [-0.15, -0.1) is 22.0 Å². The van der Waals surface area contributed by atoms with Gasteiger partial charge in [-0.05, 0) is 5.57 Å². The first-order valence-corrected chi connectivity index (χ1v) is 15.2. The SMILES string of the molecule is O=C(O)CSc1nnc(SCC2=C(C(=O)O)N3C(=O)[C@@H](Nc4cc[n+](Cc5ccccc5)cc4)[C@H]3SC2)s1. The lowest BCUT2D eigenvalue weighted by Gasteiger charge is -2.49. The van der Waals surface area contributed by atoms with Crippen LogP contribution in [-0.2, 0) is 20.9 Å². The molecule has 10 nitrogen and oxygen atoms in total. The zero-order valence-electron chi connectivity index (χ0n) is 19.7. The number of fused-ring (bicyclic) bond motifs is 1. The van der Waals surface area contributed by atoms with E-state index in [2.05, 4.69) is 27.6 Å². The maximum absolute atomic E-state index is 13.0. The monoisotopic (exact) mass is 588 g/mol. The third-order valence-electron chi connectivity index (χ3n) is 5.75. The minimum absolute atomic E-state index is 0.0306. The van der Waals surface area contributed by atoms with Gasteiger partial charge in [0, 0.05) is 34.9 Å². The van der Waals surface area contributed by atoms with Gasteiger partial charge in [0.05, 0.1) is 5.75 Å². The van der Waals surface area contributed by atoms with Gasteiger partial charge in [0.2, 0.25) is 0 Å². The quantitative estimate of drug-likeness (QED) is 0.173. The lowest BCUT2D eigenvalue weighted by molar-refractivity contribution is -0.688. The molecule has 0 bridgehead atoms. The highest BCUT2D eigenvalue weighted by Crippen LogP contribution is 2.43. The van der Waals surface area contributed by atoms with Crippen LogP contribution in [0.4, 0.5) is 5.69 Å². The zero-order chi connectivity index (χ0) is 26.6. The first-order chi connectivity index (χ1) is 18.4. The van der Waals surface area contributed by atoms with Gasteiger partial charge in [-0.3, -0.25) is 14.5 Å². The van der Waals surface area contributed by atoms with Crippen molar-refractivity contribution in [1.82, 2.24) is 15.1 Å². The number of amides is 1. The van der Waals surface area contributed by atoms with E-state index in [-0.39, 0.29) is 22.7 Å². The summed E-state index contributed by atoms with van der Waals surface area (Å²) in [6.07, 6.45) is 3.89. The van der Waals surface area contributed by atoms with Crippen LogP contribution in [0.2, 0.25) is 0 Å². The van der Waals surface area contributed by atoms with Crippen LogP contribution in [0.5, 0.6) is 0 Å². The molecule has 3 aromatic rings. The largest absolute Gasteiger partial charge is 0.481 e. The van der Waals surface area contributed by atoms with Crippen LogP contribution in [0, 0.1) is 0 Å². The maximum Gasteiger partial charge on any atom is 0.352 e. The van der Waals surface area contributed by atoms with Gasteiger partial charge >= 0.3 is 11.9 Å². The number of thioether (sulfide) groups is 3. The summed E-state index contributed by atoms with van der Waals surface area (Å²) in [6, 6.07) is 13.4. The summed E-state index contributed by atoms with van der Waals surface area (Å²) < 4.78 is 3.20. The molecule has 2 aliphatic rings.